The van der Waals surface area contributed by atoms with E-state index < -0.39 is 28.5 Å². The fraction of sp³-hybridized carbons (Fsp3) is 0.700. The molecule has 162 valence electrons. The number of rotatable bonds is 4. The molecule has 1 spiro atoms. The molecule has 5 nitrogen and oxygen atoms in total. The summed E-state index contributed by atoms with van der Waals surface area (Å²) in [7, 11) is -2.66. The number of benzene rings is 1. The largest absolute Gasteiger partial charge is 0.497 e. The Balaban J connectivity index is 1.74. The molecular formula is C20H27F3N2O3S. The molecule has 1 saturated heterocycles. The normalized spacial score (nSPS) is 32.6. The summed E-state index contributed by atoms with van der Waals surface area (Å²) in [6.45, 7) is -1.39. The fourth-order valence-electron chi connectivity index (χ4n) is 5.73. The number of nitrogens with zero attached hydrogens (tertiary/aromatic N) is 2. The van der Waals surface area contributed by atoms with Crippen LogP contribution in [-0.2, 0) is 16.8 Å². The smallest absolute Gasteiger partial charge is 0.402 e. The molecule has 29 heavy (non-hydrogen) atoms. The minimum atomic E-state index is -4.56. The van der Waals surface area contributed by atoms with Crippen LogP contribution in [0.4, 0.5) is 13.2 Å². The van der Waals surface area contributed by atoms with Crippen LogP contribution in [0.15, 0.2) is 24.3 Å². The average Bonchev–Trinajstić information content (AvgIpc) is 2.98. The molecule has 4 rings (SSSR count). The van der Waals surface area contributed by atoms with E-state index in [0.717, 1.165) is 44.1 Å². The van der Waals surface area contributed by atoms with E-state index in [0.29, 0.717) is 10.1 Å². The molecule has 0 N–H and O–H groups in total. The van der Waals surface area contributed by atoms with Crippen LogP contribution in [0, 0.1) is 11.8 Å². The molecule has 2 aliphatic carbocycles. The predicted octanol–water partition coefficient (Wildman–Crippen LogP) is 3.96. The second-order valence-corrected chi connectivity index (χ2v) is 10.3. The lowest BCUT2D eigenvalue weighted by molar-refractivity contribution is -0.136. The molecule has 1 heterocycles. The first-order valence-electron chi connectivity index (χ1n) is 10.1. The van der Waals surface area contributed by atoms with E-state index >= 15 is 0 Å². The van der Waals surface area contributed by atoms with Crippen LogP contribution in [-0.4, -0.2) is 48.9 Å². The van der Waals surface area contributed by atoms with Crippen molar-refractivity contribution in [2.24, 2.45) is 11.8 Å². The van der Waals surface area contributed by atoms with Crippen molar-refractivity contribution in [3.63, 3.8) is 0 Å². The Morgan fingerprint density at radius 1 is 1.07 bits per heavy atom. The van der Waals surface area contributed by atoms with Crippen molar-refractivity contribution in [2.45, 2.75) is 56.8 Å². The SMILES string of the molecule is COc1ccc(CN2C3(CN(CC(F)(F)F)S2(=O)=O)C2CCCCC3CC2)cc1. The van der Waals surface area contributed by atoms with Crippen LogP contribution in [0.2, 0.25) is 0 Å². The highest BCUT2D eigenvalue weighted by atomic mass is 32.2. The van der Waals surface area contributed by atoms with Crippen LogP contribution in [0.3, 0.4) is 0 Å². The van der Waals surface area contributed by atoms with E-state index in [4.69, 9.17) is 4.74 Å². The van der Waals surface area contributed by atoms with Gasteiger partial charge in [0.05, 0.1) is 12.6 Å². The highest BCUT2D eigenvalue weighted by Gasteiger charge is 2.64. The first-order valence-corrected chi connectivity index (χ1v) is 11.5. The Hall–Kier alpha value is -1.32. The summed E-state index contributed by atoms with van der Waals surface area (Å²) in [6.07, 6.45) is 1.000. The highest BCUT2D eigenvalue weighted by molar-refractivity contribution is 7.87. The lowest BCUT2D eigenvalue weighted by Crippen LogP contribution is -2.53. The predicted molar refractivity (Wildman–Crippen MR) is 102 cm³/mol. The molecule has 2 bridgehead atoms. The second-order valence-electron chi connectivity index (χ2n) is 8.49. The van der Waals surface area contributed by atoms with Gasteiger partial charge in [-0.3, -0.25) is 0 Å². The molecular weight excluding hydrogens is 405 g/mol. The van der Waals surface area contributed by atoms with Crippen LogP contribution in [0.1, 0.15) is 44.1 Å². The van der Waals surface area contributed by atoms with Gasteiger partial charge in [0.25, 0.3) is 10.2 Å². The van der Waals surface area contributed by atoms with E-state index in [1.807, 2.05) is 0 Å². The molecule has 0 aromatic heterocycles. The van der Waals surface area contributed by atoms with Gasteiger partial charge in [0.15, 0.2) is 0 Å². The van der Waals surface area contributed by atoms with Gasteiger partial charge in [0.2, 0.25) is 0 Å². The molecule has 9 heteroatoms. The molecule has 0 amide bonds. The number of methoxy groups -OCH3 is 1. The van der Waals surface area contributed by atoms with Crippen molar-refractivity contribution in [1.82, 2.24) is 8.61 Å². The van der Waals surface area contributed by atoms with E-state index in [-0.39, 0.29) is 24.9 Å². The topological polar surface area (TPSA) is 49.9 Å². The van der Waals surface area contributed by atoms with E-state index in [2.05, 4.69) is 0 Å². The Bertz CT molecular complexity index is 828. The summed E-state index contributed by atoms with van der Waals surface area (Å²) in [5.74, 6) is 0.878. The van der Waals surface area contributed by atoms with Crippen molar-refractivity contribution in [3.05, 3.63) is 29.8 Å². The molecule has 3 aliphatic rings. The summed E-state index contributed by atoms with van der Waals surface area (Å²) in [5, 5.41) is 0. The molecule has 0 radical (unpaired) electrons. The standard InChI is InChI=1S/C20H27F3N2O3S/c1-28-18-10-6-15(7-11-18)12-25-19(16-4-2-3-5-17(19)9-8-16)13-24(29(25,26)27)14-20(21,22)23/h6-7,10-11,16-17H,2-5,8-9,12-14H2,1H3. The number of alkyl halides is 3. The summed E-state index contributed by atoms with van der Waals surface area (Å²) in [4.78, 5) is 0. The summed E-state index contributed by atoms with van der Waals surface area (Å²) >= 11 is 0. The fourth-order valence-corrected chi connectivity index (χ4v) is 7.79. The van der Waals surface area contributed by atoms with Gasteiger partial charge in [-0.05, 0) is 55.2 Å². The quantitative estimate of drug-likeness (QED) is 0.724. The van der Waals surface area contributed by atoms with Crippen molar-refractivity contribution < 1.29 is 26.3 Å². The number of halogens is 3. The van der Waals surface area contributed by atoms with E-state index in [1.165, 1.54) is 4.31 Å². The number of ether oxygens (including phenoxy) is 1. The van der Waals surface area contributed by atoms with Gasteiger partial charge in [-0.1, -0.05) is 25.0 Å². The molecule has 1 aromatic carbocycles. The maximum absolute atomic E-state index is 13.3. The van der Waals surface area contributed by atoms with Gasteiger partial charge in [-0.15, -0.1) is 0 Å². The minimum absolute atomic E-state index is 0.0552. The molecule has 1 aromatic rings. The molecule has 3 fully saturated rings. The zero-order chi connectivity index (χ0) is 20.9. The Morgan fingerprint density at radius 3 is 2.17 bits per heavy atom. The lowest BCUT2D eigenvalue weighted by Gasteiger charge is -2.41. The van der Waals surface area contributed by atoms with Crippen molar-refractivity contribution in [3.8, 4) is 5.75 Å². The summed E-state index contributed by atoms with van der Waals surface area (Å²) in [5.41, 5.74) is 0.0202. The third kappa shape index (κ3) is 3.65. The Labute approximate surface area is 170 Å². The number of hydrogen-bond acceptors (Lipinski definition) is 3. The van der Waals surface area contributed by atoms with E-state index in [9.17, 15) is 21.6 Å². The monoisotopic (exact) mass is 432 g/mol. The Kier molecular flexibility index (Phi) is 5.36. The summed E-state index contributed by atoms with van der Waals surface area (Å²) < 4.78 is 73.5. The first kappa shape index (κ1) is 20.9. The van der Waals surface area contributed by atoms with Gasteiger partial charge in [0, 0.05) is 13.1 Å². The maximum atomic E-state index is 13.3. The zero-order valence-electron chi connectivity index (χ0n) is 16.5. The third-order valence-electron chi connectivity index (χ3n) is 6.97. The van der Waals surface area contributed by atoms with Gasteiger partial charge >= 0.3 is 6.18 Å². The van der Waals surface area contributed by atoms with Gasteiger partial charge in [-0.2, -0.15) is 30.2 Å². The maximum Gasteiger partial charge on any atom is 0.402 e. The van der Waals surface area contributed by atoms with Gasteiger partial charge < -0.3 is 4.74 Å². The van der Waals surface area contributed by atoms with Crippen molar-refractivity contribution in [1.29, 1.82) is 0 Å². The van der Waals surface area contributed by atoms with Gasteiger partial charge in [-0.25, -0.2) is 0 Å². The zero-order valence-corrected chi connectivity index (χ0v) is 17.3. The third-order valence-corrected chi connectivity index (χ3v) is 8.91. The number of hydrogen-bond donors (Lipinski definition) is 0. The average molecular weight is 433 g/mol. The van der Waals surface area contributed by atoms with Gasteiger partial charge in [0.1, 0.15) is 12.3 Å². The molecule has 1 aliphatic heterocycles. The first-order chi connectivity index (χ1) is 13.7. The van der Waals surface area contributed by atoms with E-state index in [1.54, 1.807) is 31.4 Å². The minimum Gasteiger partial charge on any atom is -0.497 e. The lowest BCUT2D eigenvalue weighted by atomic mass is 9.79. The van der Waals surface area contributed by atoms with Crippen molar-refractivity contribution >= 4 is 10.2 Å². The molecule has 2 unspecified atom stereocenters. The summed E-state index contributed by atoms with van der Waals surface area (Å²) in [6, 6.07) is 7.07. The highest BCUT2D eigenvalue weighted by Crippen LogP contribution is 2.56. The second kappa shape index (κ2) is 7.42. The van der Waals surface area contributed by atoms with Crippen LogP contribution in [0.5, 0.6) is 5.75 Å². The molecule has 2 atom stereocenters. The van der Waals surface area contributed by atoms with Crippen LogP contribution >= 0.6 is 0 Å². The van der Waals surface area contributed by atoms with Crippen LogP contribution < -0.4 is 4.74 Å². The van der Waals surface area contributed by atoms with Crippen LogP contribution in [0.25, 0.3) is 0 Å². The van der Waals surface area contributed by atoms with Crippen molar-refractivity contribution in [2.75, 3.05) is 20.2 Å². The Morgan fingerprint density at radius 2 is 1.66 bits per heavy atom. The molecule has 2 saturated carbocycles.